The van der Waals surface area contributed by atoms with Crippen LogP contribution in [0.3, 0.4) is 0 Å². The summed E-state index contributed by atoms with van der Waals surface area (Å²) in [6.45, 7) is 1.75. The number of rotatable bonds is 5. The predicted molar refractivity (Wildman–Crippen MR) is 91.5 cm³/mol. The van der Waals surface area contributed by atoms with Crippen molar-refractivity contribution in [3.8, 4) is 0 Å². The molecule has 1 aliphatic carbocycles. The number of aromatic nitrogens is 3. The Labute approximate surface area is 144 Å². The van der Waals surface area contributed by atoms with Crippen LogP contribution < -0.4 is 0 Å². The summed E-state index contributed by atoms with van der Waals surface area (Å²) >= 11 is 0. The van der Waals surface area contributed by atoms with Crippen molar-refractivity contribution >= 4 is 5.91 Å². The molecular weight excluding hydrogens is 304 g/mol. The SMILES string of the molecule is O=C(CC1CCCCCC1)N1CCC(n2cc(CCO)nn2)CC1. The van der Waals surface area contributed by atoms with E-state index >= 15 is 0 Å². The number of aliphatic hydroxyl groups excluding tert-OH is 1. The number of amides is 1. The minimum absolute atomic E-state index is 0.104. The molecule has 6 heteroatoms. The maximum atomic E-state index is 12.6. The highest BCUT2D eigenvalue weighted by Gasteiger charge is 2.26. The van der Waals surface area contributed by atoms with Crippen LogP contribution in [-0.4, -0.2) is 50.6 Å². The number of hydrogen-bond donors (Lipinski definition) is 1. The first kappa shape index (κ1) is 17.4. The number of hydrogen-bond acceptors (Lipinski definition) is 4. The summed E-state index contributed by atoms with van der Waals surface area (Å²) in [6, 6.07) is 0.326. The van der Waals surface area contributed by atoms with Crippen molar-refractivity contribution in [2.45, 2.75) is 70.3 Å². The third kappa shape index (κ3) is 4.56. The number of aliphatic hydroxyl groups is 1. The highest BCUT2D eigenvalue weighted by molar-refractivity contribution is 5.76. The molecule has 0 spiro atoms. The van der Waals surface area contributed by atoms with Crippen LogP contribution in [0.15, 0.2) is 6.20 Å². The van der Waals surface area contributed by atoms with E-state index in [0.717, 1.165) is 38.0 Å². The first-order chi connectivity index (χ1) is 11.8. The number of carbonyl (C=O) groups excluding carboxylic acids is 1. The van der Waals surface area contributed by atoms with Gasteiger partial charge in [0.05, 0.1) is 11.7 Å². The summed E-state index contributed by atoms with van der Waals surface area (Å²) < 4.78 is 1.91. The van der Waals surface area contributed by atoms with E-state index < -0.39 is 0 Å². The minimum atomic E-state index is 0.104. The summed E-state index contributed by atoms with van der Waals surface area (Å²) in [6.07, 6.45) is 12.8. The van der Waals surface area contributed by atoms with Crippen LogP contribution in [0.1, 0.15) is 69.5 Å². The molecule has 1 amide bonds. The lowest BCUT2D eigenvalue weighted by molar-refractivity contribution is -0.133. The van der Waals surface area contributed by atoms with Gasteiger partial charge in [0.15, 0.2) is 0 Å². The number of nitrogens with zero attached hydrogens (tertiary/aromatic N) is 4. The molecule has 0 radical (unpaired) electrons. The molecule has 6 nitrogen and oxygen atoms in total. The van der Waals surface area contributed by atoms with E-state index in [1.807, 2.05) is 15.8 Å². The Bertz CT molecular complexity index is 515. The molecule has 24 heavy (non-hydrogen) atoms. The van der Waals surface area contributed by atoms with Gasteiger partial charge in [-0.2, -0.15) is 0 Å². The van der Waals surface area contributed by atoms with Crippen LogP contribution in [0.4, 0.5) is 0 Å². The van der Waals surface area contributed by atoms with Crippen molar-refractivity contribution in [1.82, 2.24) is 19.9 Å². The van der Waals surface area contributed by atoms with E-state index in [1.165, 1.54) is 38.5 Å². The van der Waals surface area contributed by atoms with Crippen molar-refractivity contribution in [3.63, 3.8) is 0 Å². The van der Waals surface area contributed by atoms with E-state index in [-0.39, 0.29) is 6.61 Å². The lowest BCUT2D eigenvalue weighted by atomic mass is 9.95. The van der Waals surface area contributed by atoms with Crippen LogP contribution in [0.25, 0.3) is 0 Å². The van der Waals surface area contributed by atoms with Crippen molar-refractivity contribution in [3.05, 3.63) is 11.9 Å². The zero-order valence-electron chi connectivity index (χ0n) is 14.6. The molecule has 134 valence electrons. The maximum absolute atomic E-state index is 12.6. The first-order valence-electron chi connectivity index (χ1n) is 9.55. The van der Waals surface area contributed by atoms with Gasteiger partial charge >= 0.3 is 0 Å². The Hall–Kier alpha value is -1.43. The van der Waals surface area contributed by atoms with Gasteiger partial charge in [-0.25, -0.2) is 4.68 Å². The van der Waals surface area contributed by atoms with E-state index in [0.29, 0.717) is 24.3 Å². The van der Waals surface area contributed by atoms with E-state index in [4.69, 9.17) is 5.11 Å². The Kier molecular flexibility index (Phi) is 6.24. The second-order valence-electron chi connectivity index (χ2n) is 7.34. The fraction of sp³-hybridized carbons (Fsp3) is 0.833. The summed E-state index contributed by atoms with van der Waals surface area (Å²) in [7, 11) is 0. The van der Waals surface area contributed by atoms with Gasteiger partial charge in [0.2, 0.25) is 5.91 Å². The zero-order valence-corrected chi connectivity index (χ0v) is 14.6. The highest BCUT2D eigenvalue weighted by Crippen LogP contribution is 2.28. The van der Waals surface area contributed by atoms with Gasteiger partial charge in [0.25, 0.3) is 0 Å². The van der Waals surface area contributed by atoms with Crippen LogP contribution in [-0.2, 0) is 11.2 Å². The number of likely N-dealkylation sites (tertiary alicyclic amines) is 1. The molecule has 3 rings (SSSR count). The van der Waals surface area contributed by atoms with E-state index in [9.17, 15) is 4.79 Å². The molecule has 1 saturated heterocycles. The average Bonchev–Trinajstić information content (AvgIpc) is 2.91. The monoisotopic (exact) mass is 334 g/mol. The normalized spacial score (nSPS) is 21.0. The summed E-state index contributed by atoms with van der Waals surface area (Å²) in [5.41, 5.74) is 0.837. The third-order valence-corrected chi connectivity index (χ3v) is 5.56. The van der Waals surface area contributed by atoms with Crippen molar-refractivity contribution < 1.29 is 9.90 Å². The highest BCUT2D eigenvalue weighted by atomic mass is 16.3. The van der Waals surface area contributed by atoms with E-state index in [2.05, 4.69) is 10.3 Å². The Morgan fingerprint density at radius 3 is 2.50 bits per heavy atom. The second kappa shape index (κ2) is 8.60. The minimum Gasteiger partial charge on any atom is -0.396 e. The van der Waals surface area contributed by atoms with Crippen LogP contribution in [0.2, 0.25) is 0 Å². The summed E-state index contributed by atoms with van der Waals surface area (Å²) in [4.78, 5) is 14.6. The van der Waals surface area contributed by atoms with E-state index in [1.54, 1.807) is 0 Å². The summed E-state index contributed by atoms with van der Waals surface area (Å²) in [5, 5.41) is 17.2. The number of carbonyl (C=O) groups is 1. The fourth-order valence-corrected chi connectivity index (χ4v) is 4.04. The smallest absolute Gasteiger partial charge is 0.222 e. The van der Waals surface area contributed by atoms with Crippen LogP contribution >= 0.6 is 0 Å². The maximum Gasteiger partial charge on any atom is 0.222 e. The lowest BCUT2D eigenvalue weighted by Crippen LogP contribution is -2.39. The molecular formula is C18H30N4O2. The molecule has 2 fully saturated rings. The molecule has 1 saturated carbocycles. The molecule has 1 aromatic heterocycles. The lowest BCUT2D eigenvalue weighted by Gasteiger charge is -2.32. The Morgan fingerprint density at radius 2 is 1.83 bits per heavy atom. The Balaban J connectivity index is 1.46. The molecule has 1 aromatic rings. The van der Waals surface area contributed by atoms with Gasteiger partial charge in [0, 0.05) is 38.7 Å². The molecule has 2 heterocycles. The second-order valence-corrected chi connectivity index (χ2v) is 7.34. The average molecular weight is 334 g/mol. The van der Waals surface area contributed by atoms with Gasteiger partial charge in [-0.3, -0.25) is 4.79 Å². The van der Waals surface area contributed by atoms with Gasteiger partial charge in [-0.1, -0.05) is 30.9 Å². The zero-order chi connectivity index (χ0) is 16.8. The summed E-state index contributed by atoms with van der Waals surface area (Å²) in [5.74, 6) is 0.953. The molecule has 1 aliphatic heterocycles. The first-order valence-corrected chi connectivity index (χ1v) is 9.55. The van der Waals surface area contributed by atoms with Crippen molar-refractivity contribution in [2.75, 3.05) is 19.7 Å². The van der Waals surface area contributed by atoms with Gasteiger partial charge in [-0.15, -0.1) is 5.10 Å². The standard InChI is InChI=1S/C18H30N4O2/c23-12-9-16-14-22(20-19-16)17-7-10-21(11-8-17)18(24)13-15-5-3-1-2-4-6-15/h14-15,17,23H,1-13H2. The topological polar surface area (TPSA) is 71.2 Å². The molecule has 0 unspecified atom stereocenters. The van der Waals surface area contributed by atoms with Crippen molar-refractivity contribution in [1.29, 1.82) is 0 Å². The van der Waals surface area contributed by atoms with Crippen LogP contribution in [0.5, 0.6) is 0 Å². The quantitative estimate of drug-likeness (QED) is 0.839. The molecule has 0 atom stereocenters. The van der Waals surface area contributed by atoms with Gasteiger partial charge < -0.3 is 10.0 Å². The predicted octanol–water partition coefficient (Wildman–Crippen LogP) is 2.34. The van der Waals surface area contributed by atoms with Crippen molar-refractivity contribution in [2.24, 2.45) is 5.92 Å². The molecule has 2 aliphatic rings. The molecule has 0 aromatic carbocycles. The van der Waals surface area contributed by atoms with Crippen LogP contribution in [0, 0.1) is 5.92 Å². The molecule has 1 N–H and O–H groups in total. The molecule has 0 bridgehead atoms. The third-order valence-electron chi connectivity index (χ3n) is 5.56. The largest absolute Gasteiger partial charge is 0.396 e. The fourth-order valence-electron chi connectivity index (χ4n) is 4.04. The number of piperidine rings is 1. The van der Waals surface area contributed by atoms with Gasteiger partial charge in [-0.05, 0) is 31.6 Å². The Morgan fingerprint density at radius 1 is 1.12 bits per heavy atom. The van der Waals surface area contributed by atoms with Gasteiger partial charge in [0.1, 0.15) is 0 Å².